The van der Waals surface area contributed by atoms with E-state index in [1.165, 1.54) is 17.0 Å². The molecule has 3 aromatic rings. The first-order valence-electron chi connectivity index (χ1n) is 8.94. The predicted molar refractivity (Wildman–Crippen MR) is 99.7 cm³/mol. The Kier molecular flexibility index (Phi) is 4.13. The number of nitrogens with two attached hydrogens (primary N) is 1. The number of rotatable bonds is 4. The maximum absolute atomic E-state index is 5.73. The summed E-state index contributed by atoms with van der Waals surface area (Å²) in [6, 6.07) is 8.22. The van der Waals surface area contributed by atoms with Gasteiger partial charge < -0.3 is 10.6 Å². The SMILES string of the molecule is CC(C)c1n[nH]c2c1CN(c1nc(CCN)nc3ccccc13)CC2. The number of aromatic amines is 1. The fourth-order valence-electron chi connectivity index (χ4n) is 3.56. The van der Waals surface area contributed by atoms with Crippen LogP contribution >= 0.6 is 0 Å². The minimum Gasteiger partial charge on any atom is -0.351 e. The van der Waals surface area contributed by atoms with Crippen molar-refractivity contribution < 1.29 is 0 Å². The number of fused-ring (bicyclic) bond motifs is 2. The fourth-order valence-corrected chi connectivity index (χ4v) is 3.56. The topological polar surface area (TPSA) is 83.7 Å². The summed E-state index contributed by atoms with van der Waals surface area (Å²) in [5.41, 5.74) is 10.5. The normalized spacial score (nSPS) is 14.3. The van der Waals surface area contributed by atoms with E-state index in [2.05, 4.69) is 40.0 Å². The highest BCUT2D eigenvalue weighted by Gasteiger charge is 2.25. The molecule has 0 amide bonds. The molecule has 1 aromatic carbocycles. The summed E-state index contributed by atoms with van der Waals surface area (Å²) in [7, 11) is 0. The van der Waals surface area contributed by atoms with Crippen molar-refractivity contribution in [2.75, 3.05) is 18.0 Å². The van der Waals surface area contributed by atoms with Gasteiger partial charge in [-0.25, -0.2) is 9.97 Å². The lowest BCUT2D eigenvalue weighted by molar-refractivity contribution is 0.699. The van der Waals surface area contributed by atoms with Crippen molar-refractivity contribution in [2.45, 2.75) is 39.2 Å². The summed E-state index contributed by atoms with van der Waals surface area (Å²) in [4.78, 5) is 11.9. The van der Waals surface area contributed by atoms with Gasteiger partial charge in [0.05, 0.1) is 11.2 Å². The highest BCUT2D eigenvalue weighted by molar-refractivity contribution is 5.89. The van der Waals surface area contributed by atoms with Crippen LogP contribution in [0.3, 0.4) is 0 Å². The molecule has 1 aliphatic heterocycles. The standard InChI is InChI=1S/C19H24N6/c1-12(2)18-14-11-25(10-8-16(14)23-24-18)19-13-5-3-4-6-15(13)21-17(22-19)7-9-20/h3-6,12H,7-11,20H2,1-2H3,(H,23,24). The number of para-hydroxylation sites is 1. The van der Waals surface area contributed by atoms with Gasteiger partial charge in [0.1, 0.15) is 11.6 Å². The Balaban J connectivity index is 1.78. The number of aromatic nitrogens is 4. The number of hydrogen-bond donors (Lipinski definition) is 2. The molecule has 3 N–H and O–H groups in total. The fraction of sp³-hybridized carbons (Fsp3) is 0.421. The van der Waals surface area contributed by atoms with E-state index < -0.39 is 0 Å². The molecule has 3 heterocycles. The Bertz CT molecular complexity index is 898. The quantitative estimate of drug-likeness (QED) is 0.765. The highest BCUT2D eigenvalue weighted by atomic mass is 15.2. The first-order valence-corrected chi connectivity index (χ1v) is 8.94. The highest BCUT2D eigenvalue weighted by Crippen LogP contribution is 2.31. The van der Waals surface area contributed by atoms with Crippen LogP contribution in [0.1, 0.15) is 42.5 Å². The lowest BCUT2D eigenvalue weighted by Gasteiger charge is -2.29. The average Bonchev–Trinajstić information content (AvgIpc) is 3.04. The van der Waals surface area contributed by atoms with Crippen molar-refractivity contribution in [1.82, 2.24) is 20.2 Å². The van der Waals surface area contributed by atoms with Gasteiger partial charge in [-0.15, -0.1) is 0 Å². The maximum Gasteiger partial charge on any atom is 0.140 e. The molecule has 0 bridgehead atoms. The molecule has 130 valence electrons. The zero-order chi connectivity index (χ0) is 17.4. The maximum atomic E-state index is 5.73. The Morgan fingerprint density at radius 2 is 2.08 bits per heavy atom. The molecule has 6 heteroatoms. The van der Waals surface area contributed by atoms with E-state index >= 15 is 0 Å². The molecule has 6 nitrogen and oxygen atoms in total. The second-order valence-corrected chi connectivity index (χ2v) is 6.91. The smallest absolute Gasteiger partial charge is 0.140 e. The third-order valence-corrected chi connectivity index (χ3v) is 4.81. The van der Waals surface area contributed by atoms with Gasteiger partial charge in [0, 0.05) is 42.6 Å². The first kappa shape index (κ1) is 16.0. The van der Waals surface area contributed by atoms with Crippen LogP contribution in [0.2, 0.25) is 0 Å². The third kappa shape index (κ3) is 2.87. The number of hydrogen-bond acceptors (Lipinski definition) is 5. The van der Waals surface area contributed by atoms with Crippen molar-refractivity contribution in [1.29, 1.82) is 0 Å². The molecule has 25 heavy (non-hydrogen) atoms. The Morgan fingerprint density at radius 1 is 1.24 bits per heavy atom. The van der Waals surface area contributed by atoms with Crippen LogP contribution in [-0.2, 0) is 19.4 Å². The minimum atomic E-state index is 0.412. The molecule has 0 saturated carbocycles. The van der Waals surface area contributed by atoms with Crippen LogP contribution in [-0.4, -0.2) is 33.3 Å². The van der Waals surface area contributed by atoms with Crippen molar-refractivity contribution in [3.05, 3.63) is 47.0 Å². The number of anilines is 1. The van der Waals surface area contributed by atoms with Gasteiger partial charge in [-0.3, -0.25) is 5.10 Å². The van der Waals surface area contributed by atoms with Crippen molar-refractivity contribution in [3.63, 3.8) is 0 Å². The Labute approximate surface area is 147 Å². The van der Waals surface area contributed by atoms with Gasteiger partial charge >= 0.3 is 0 Å². The Morgan fingerprint density at radius 3 is 2.88 bits per heavy atom. The van der Waals surface area contributed by atoms with E-state index in [0.717, 1.165) is 42.1 Å². The van der Waals surface area contributed by atoms with Gasteiger partial charge in [0.15, 0.2) is 0 Å². The zero-order valence-electron chi connectivity index (χ0n) is 14.8. The van der Waals surface area contributed by atoms with Gasteiger partial charge in [-0.1, -0.05) is 26.0 Å². The summed E-state index contributed by atoms with van der Waals surface area (Å²) in [5, 5.41) is 8.85. The molecule has 1 aliphatic rings. The van der Waals surface area contributed by atoms with Crippen LogP contribution in [0.15, 0.2) is 24.3 Å². The van der Waals surface area contributed by atoms with Crippen LogP contribution in [0.4, 0.5) is 5.82 Å². The summed E-state index contributed by atoms with van der Waals surface area (Å²) in [5.74, 6) is 2.24. The molecular formula is C19H24N6. The van der Waals surface area contributed by atoms with Crippen molar-refractivity contribution in [2.24, 2.45) is 5.73 Å². The van der Waals surface area contributed by atoms with Gasteiger partial charge in [0.25, 0.3) is 0 Å². The van der Waals surface area contributed by atoms with Crippen molar-refractivity contribution >= 4 is 16.7 Å². The molecule has 0 spiro atoms. The van der Waals surface area contributed by atoms with E-state index in [0.29, 0.717) is 18.9 Å². The van der Waals surface area contributed by atoms with Crippen LogP contribution < -0.4 is 10.6 Å². The third-order valence-electron chi connectivity index (χ3n) is 4.81. The molecule has 2 aromatic heterocycles. The second kappa shape index (κ2) is 6.44. The average molecular weight is 336 g/mol. The lowest BCUT2D eigenvalue weighted by Crippen LogP contribution is -2.32. The number of benzene rings is 1. The Hall–Kier alpha value is -2.47. The zero-order valence-corrected chi connectivity index (χ0v) is 14.8. The summed E-state index contributed by atoms with van der Waals surface area (Å²) in [6.45, 7) is 6.70. The molecule has 0 saturated heterocycles. The second-order valence-electron chi connectivity index (χ2n) is 6.91. The predicted octanol–water partition coefficient (Wildman–Crippen LogP) is 2.54. The molecule has 0 atom stereocenters. The molecule has 0 aliphatic carbocycles. The number of nitrogens with one attached hydrogen (secondary N) is 1. The first-order chi connectivity index (χ1) is 12.2. The van der Waals surface area contributed by atoms with E-state index in [9.17, 15) is 0 Å². The monoisotopic (exact) mass is 336 g/mol. The number of nitrogens with zero attached hydrogens (tertiary/aromatic N) is 4. The number of H-pyrrole nitrogens is 1. The van der Waals surface area contributed by atoms with Gasteiger partial charge in [-0.05, 0) is 24.6 Å². The van der Waals surface area contributed by atoms with Crippen LogP contribution in [0.5, 0.6) is 0 Å². The van der Waals surface area contributed by atoms with E-state index in [1.807, 2.05) is 18.2 Å². The van der Waals surface area contributed by atoms with E-state index in [1.54, 1.807) is 0 Å². The molecular weight excluding hydrogens is 312 g/mol. The van der Waals surface area contributed by atoms with Crippen molar-refractivity contribution in [3.8, 4) is 0 Å². The summed E-state index contributed by atoms with van der Waals surface area (Å²) >= 11 is 0. The summed E-state index contributed by atoms with van der Waals surface area (Å²) < 4.78 is 0. The summed E-state index contributed by atoms with van der Waals surface area (Å²) in [6.07, 6.45) is 1.65. The van der Waals surface area contributed by atoms with Gasteiger partial charge in [-0.2, -0.15) is 5.10 Å². The van der Waals surface area contributed by atoms with Crippen LogP contribution in [0.25, 0.3) is 10.9 Å². The van der Waals surface area contributed by atoms with Crippen LogP contribution in [0, 0.1) is 0 Å². The molecule has 0 fully saturated rings. The largest absolute Gasteiger partial charge is 0.351 e. The van der Waals surface area contributed by atoms with E-state index in [4.69, 9.17) is 10.7 Å². The molecule has 0 radical (unpaired) electrons. The van der Waals surface area contributed by atoms with Gasteiger partial charge in [0.2, 0.25) is 0 Å². The molecule has 0 unspecified atom stereocenters. The molecule has 4 rings (SSSR count). The lowest BCUT2D eigenvalue weighted by atomic mass is 9.99. The van der Waals surface area contributed by atoms with E-state index in [-0.39, 0.29) is 0 Å². The minimum absolute atomic E-state index is 0.412.